The summed E-state index contributed by atoms with van der Waals surface area (Å²) >= 11 is 1.85. The third-order valence-corrected chi connectivity index (χ3v) is 5.07. The van der Waals surface area contributed by atoms with E-state index in [1.807, 2.05) is 18.7 Å². The van der Waals surface area contributed by atoms with Gasteiger partial charge < -0.3 is 14.2 Å². The van der Waals surface area contributed by atoms with E-state index in [4.69, 9.17) is 4.42 Å². The summed E-state index contributed by atoms with van der Waals surface area (Å²) in [7, 11) is 1.71. The maximum Gasteiger partial charge on any atom is 0.289 e. The molecular weight excluding hydrogens is 342 g/mol. The zero-order valence-electron chi connectivity index (χ0n) is 14.3. The van der Waals surface area contributed by atoms with Crippen molar-refractivity contribution < 1.29 is 14.0 Å². The number of likely N-dealkylation sites (N-methyl/N-ethyl adjacent to an activating group) is 1. The molecule has 0 spiro atoms. The topological polar surface area (TPSA) is 84.5 Å². The molecule has 0 saturated carbocycles. The molecule has 8 nitrogen and oxygen atoms in total. The number of amides is 2. The van der Waals surface area contributed by atoms with Gasteiger partial charge in [-0.2, -0.15) is 11.8 Å². The van der Waals surface area contributed by atoms with E-state index in [1.165, 1.54) is 6.26 Å². The summed E-state index contributed by atoms with van der Waals surface area (Å²) in [4.78, 5) is 28.0. The Morgan fingerprint density at radius 3 is 2.80 bits per heavy atom. The normalized spacial score (nSPS) is 14.6. The fraction of sp³-hybridized carbons (Fsp3) is 0.500. The van der Waals surface area contributed by atoms with E-state index >= 15 is 0 Å². The van der Waals surface area contributed by atoms with Gasteiger partial charge in [0.25, 0.3) is 11.8 Å². The third-order valence-electron chi connectivity index (χ3n) is 4.12. The van der Waals surface area contributed by atoms with E-state index in [9.17, 15) is 9.59 Å². The first-order valence-corrected chi connectivity index (χ1v) is 9.28. The molecule has 0 unspecified atom stereocenters. The number of thioether (sulfide) groups is 1. The van der Waals surface area contributed by atoms with E-state index in [0.29, 0.717) is 24.5 Å². The number of rotatable bonds is 5. The summed E-state index contributed by atoms with van der Waals surface area (Å²) in [5.41, 5.74) is 1.16. The van der Waals surface area contributed by atoms with Crippen LogP contribution in [0.1, 0.15) is 26.6 Å². The predicted octanol–water partition coefficient (Wildman–Crippen LogP) is 1.14. The van der Waals surface area contributed by atoms with Crippen LogP contribution < -0.4 is 0 Å². The molecule has 0 bridgehead atoms. The number of hydrogen-bond acceptors (Lipinski definition) is 6. The summed E-state index contributed by atoms with van der Waals surface area (Å²) in [6.45, 7) is 4.22. The molecule has 0 radical (unpaired) electrons. The molecule has 25 heavy (non-hydrogen) atoms. The van der Waals surface area contributed by atoms with Crippen LogP contribution in [0.25, 0.3) is 0 Å². The molecule has 0 aromatic carbocycles. The minimum Gasteiger partial charge on any atom is -0.459 e. The molecule has 1 aliphatic rings. The van der Waals surface area contributed by atoms with E-state index in [2.05, 4.69) is 10.3 Å². The van der Waals surface area contributed by atoms with Gasteiger partial charge in [-0.05, 0) is 13.0 Å². The average Bonchev–Trinajstić information content (AvgIpc) is 3.28. The van der Waals surface area contributed by atoms with Crippen molar-refractivity contribution in [3.8, 4) is 0 Å². The van der Waals surface area contributed by atoms with Crippen molar-refractivity contribution in [1.29, 1.82) is 0 Å². The van der Waals surface area contributed by atoms with Crippen molar-refractivity contribution in [3.63, 3.8) is 0 Å². The lowest BCUT2D eigenvalue weighted by Crippen LogP contribution is -2.38. The lowest BCUT2D eigenvalue weighted by Gasteiger charge is -2.25. The number of hydrogen-bond donors (Lipinski definition) is 0. The second-order valence-electron chi connectivity index (χ2n) is 5.93. The number of nitrogens with zero attached hydrogens (tertiary/aromatic N) is 5. The number of carbonyl (C=O) groups excluding carboxylic acids is 2. The Hall–Kier alpha value is -2.29. The molecule has 1 aliphatic heterocycles. The number of aryl methyl sites for hydroxylation is 1. The standard InChI is InChI=1S/C16H21N5O3S/c1-12-3-8-24-14(12)16(23)19(2)4-5-21-11-13(17-18-21)15(22)20-6-9-25-10-7-20/h3,8,11H,4-7,9-10H2,1-2H3. The number of aromatic nitrogens is 3. The van der Waals surface area contributed by atoms with E-state index in [-0.39, 0.29) is 11.8 Å². The van der Waals surface area contributed by atoms with Gasteiger partial charge in [-0.15, -0.1) is 5.10 Å². The van der Waals surface area contributed by atoms with Crippen molar-refractivity contribution in [2.45, 2.75) is 13.5 Å². The first-order chi connectivity index (χ1) is 12.1. The Morgan fingerprint density at radius 1 is 1.36 bits per heavy atom. The van der Waals surface area contributed by atoms with Crippen LogP contribution >= 0.6 is 11.8 Å². The molecule has 2 amide bonds. The van der Waals surface area contributed by atoms with Gasteiger partial charge >= 0.3 is 0 Å². The van der Waals surface area contributed by atoms with Crippen molar-refractivity contribution in [3.05, 3.63) is 35.5 Å². The van der Waals surface area contributed by atoms with Crippen LogP contribution in [0.2, 0.25) is 0 Å². The lowest BCUT2D eigenvalue weighted by atomic mass is 10.2. The molecule has 0 aliphatic carbocycles. The monoisotopic (exact) mass is 363 g/mol. The first-order valence-electron chi connectivity index (χ1n) is 8.13. The first kappa shape index (κ1) is 17.5. The number of carbonyl (C=O) groups is 2. The predicted molar refractivity (Wildman–Crippen MR) is 93.7 cm³/mol. The molecule has 2 aromatic heterocycles. The summed E-state index contributed by atoms with van der Waals surface area (Å²) < 4.78 is 6.81. The quantitative estimate of drug-likeness (QED) is 0.792. The maximum absolute atomic E-state index is 12.4. The van der Waals surface area contributed by atoms with Crippen LogP contribution in [-0.2, 0) is 6.54 Å². The Morgan fingerprint density at radius 2 is 2.12 bits per heavy atom. The van der Waals surface area contributed by atoms with Gasteiger partial charge in [0.2, 0.25) is 0 Å². The Bertz CT molecular complexity index is 751. The van der Waals surface area contributed by atoms with Crippen LogP contribution in [0.5, 0.6) is 0 Å². The highest BCUT2D eigenvalue weighted by molar-refractivity contribution is 7.99. The maximum atomic E-state index is 12.4. The van der Waals surface area contributed by atoms with Crippen molar-refractivity contribution in [2.24, 2.45) is 0 Å². The summed E-state index contributed by atoms with van der Waals surface area (Å²) in [5, 5.41) is 7.97. The fourth-order valence-corrected chi connectivity index (χ4v) is 3.46. The summed E-state index contributed by atoms with van der Waals surface area (Å²) in [6, 6.07) is 1.76. The molecule has 0 atom stereocenters. The zero-order chi connectivity index (χ0) is 17.8. The van der Waals surface area contributed by atoms with Gasteiger partial charge in [-0.25, -0.2) is 4.68 Å². The zero-order valence-corrected chi connectivity index (χ0v) is 15.2. The van der Waals surface area contributed by atoms with Gasteiger partial charge in [0.05, 0.1) is 19.0 Å². The summed E-state index contributed by atoms with van der Waals surface area (Å²) in [5.74, 6) is 2.00. The van der Waals surface area contributed by atoms with Crippen molar-refractivity contribution in [1.82, 2.24) is 24.8 Å². The Balaban J connectivity index is 1.55. The molecule has 0 N–H and O–H groups in total. The fourth-order valence-electron chi connectivity index (χ4n) is 2.55. The van der Waals surface area contributed by atoms with E-state index in [0.717, 1.165) is 30.2 Å². The highest BCUT2D eigenvalue weighted by Crippen LogP contribution is 2.13. The largest absolute Gasteiger partial charge is 0.459 e. The van der Waals surface area contributed by atoms with Crippen molar-refractivity contribution in [2.75, 3.05) is 38.2 Å². The number of furan rings is 1. The van der Waals surface area contributed by atoms with Gasteiger partial charge in [-0.3, -0.25) is 9.59 Å². The van der Waals surface area contributed by atoms with Crippen LogP contribution in [0.4, 0.5) is 0 Å². The van der Waals surface area contributed by atoms with Crippen LogP contribution in [0.15, 0.2) is 22.9 Å². The van der Waals surface area contributed by atoms with Crippen LogP contribution in [0, 0.1) is 6.92 Å². The molecular formula is C16H21N5O3S. The molecule has 1 saturated heterocycles. The third kappa shape index (κ3) is 4.04. The van der Waals surface area contributed by atoms with E-state index in [1.54, 1.807) is 33.8 Å². The molecule has 9 heteroatoms. The smallest absolute Gasteiger partial charge is 0.289 e. The Labute approximate surface area is 150 Å². The molecule has 3 heterocycles. The second-order valence-corrected chi connectivity index (χ2v) is 7.16. The van der Waals surface area contributed by atoms with Gasteiger partial charge in [0, 0.05) is 43.8 Å². The van der Waals surface area contributed by atoms with Gasteiger partial charge in [-0.1, -0.05) is 5.21 Å². The SMILES string of the molecule is Cc1ccoc1C(=O)N(C)CCn1cc(C(=O)N2CCSCC2)nn1. The molecule has 134 valence electrons. The molecule has 3 rings (SSSR count). The van der Waals surface area contributed by atoms with Gasteiger partial charge in [0.15, 0.2) is 11.5 Å². The second kappa shape index (κ2) is 7.73. The highest BCUT2D eigenvalue weighted by Gasteiger charge is 2.21. The minimum atomic E-state index is -0.176. The van der Waals surface area contributed by atoms with E-state index < -0.39 is 0 Å². The Kier molecular flexibility index (Phi) is 5.42. The van der Waals surface area contributed by atoms with Crippen molar-refractivity contribution >= 4 is 23.6 Å². The van der Waals surface area contributed by atoms with Crippen LogP contribution in [-0.4, -0.2) is 74.8 Å². The summed E-state index contributed by atoms with van der Waals surface area (Å²) in [6.07, 6.45) is 3.14. The minimum absolute atomic E-state index is 0.0813. The molecule has 1 fully saturated rings. The molecule has 2 aromatic rings. The van der Waals surface area contributed by atoms with Crippen LogP contribution in [0.3, 0.4) is 0 Å². The highest BCUT2D eigenvalue weighted by atomic mass is 32.2. The average molecular weight is 363 g/mol. The van der Waals surface area contributed by atoms with Gasteiger partial charge in [0.1, 0.15) is 0 Å². The lowest BCUT2D eigenvalue weighted by molar-refractivity contribution is 0.0751.